The molecular weight excluding hydrogens is 186 g/mol. The van der Waals surface area contributed by atoms with Crippen LogP contribution in [0.5, 0.6) is 0 Å². The average Bonchev–Trinajstić information content (AvgIpc) is 1.81. The number of nitrogens with one attached hydrogen (secondary N) is 1. The van der Waals surface area contributed by atoms with Crippen molar-refractivity contribution < 1.29 is 8.42 Å². The first kappa shape index (κ1) is 12.9. The van der Waals surface area contributed by atoms with Crippen LogP contribution in [0.15, 0.2) is 0 Å². The molecule has 0 rings (SSSR count). The zero-order chi connectivity index (χ0) is 10.5. The zero-order valence-electron chi connectivity index (χ0n) is 9.00. The Morgan fingerprint density at radius 1 is 1.15 bits per heavy atom. The summed E-state index contributed by atoms with van der Waals surface area (Å²) in [6, 6.07) is 0.356. The lowest BCUT2D eigenvalue weighted by Crippen LogP contribution is -2.30. The van der Waals surface area contributed by atoms with Crippen molar-refractivity contribution >= 4 is 9.84 Å². The third-order valence-electron chi connectivity index (χ3n) is 1.55. The highest BCUT2D eigenvalue weighted by Gasteiger charge is 2.12. The van der Waals surface area contributed by atoms with Crippen LogP contribution in [-0.4, -0.2) is 32.5 Å². The van der Waals surface area contributed by atoms with E-state index in [1.807, 2.05) is 27.7 Å². The van der Waals surface area contributed by atoms with E-state index in [1.165, 1.54) is 0 Å². The van der Waals surface area contributed by atoms with Gasteiger partial charge in [-0.05, 0) is 5.92 Å². The van der Waals surface area contributed by atoms with Gasteiger partial charge in [-0.1, -0.05) is 27.7 Å². The Hall–Kier alpha value is -0.0900. The third-order valence-corrected chi connectivity index (χ3v) is 3.55. The molecule has 3 nitrogen and oxygen atoms in total. The molecule has 0 saturated heterocycles. The summed E-state index contributed by atoms with van der Waals surface area (Å²) in [7, 11) is -2.84. The van der Waals surface area contributed by atoms with Gasteiger partial charge in [0.2, 0.25) is 0 Å². The molecule has 0 aromatic carbocycles. The first-order valence-corrected chi connectivity index (χ1v) is 6.59. The van der Waals surface area contributed by atoms with Crippen LogP contribution in [0.25, 0.3) is 0 Å². The van der Waals surface area contributed by atoms with Crippen LogP contribution in [0.4, 0.5) is 0 Å². The monoisotopic (exact) mass is 207 g/mol. The summed E-state index contributed by atoms with van der Waals surface area (Å²) >= 11 is 0. The predicted octanol–water partition coefficient (Wildman–Crippen LogP) is 1.06. The second-order valence-corrected chi connectivity index (χ2v) is 6.35. The molecule has 0 heterocycles. The van der Waals surface area contributed by atoms with E-state index in [2.05, 4.69) is 5.32 Å². The summed E-state index contributed by atoms with van der Waals surface area (Å²) < 4.78 is 22.8. The van der Waals surface area contributed by atoms with E-state index < -0.39 is 9.84 Å². The maximum Gasteiger partial charge on any atom is 0.151 e. The highest BCUT2D eigenvalue weighted by atomic mass is 32.2. The quantitative estimate of drug-likeness (QED) is 0.708. The molecule has 0 spiro atoms. The lowest BCUT2D eigenvalue weighted by Gasteiger charge is -2.09. The molecular formula is C9H21NO2S. The van der Waals surface area contributed by atoms with Crippen molar-refractivity contribution in [1.82, 2.24) is 5.32 Å². The van der Waals surface area contributed by atoms with E-state index in [-0.39, 0.29) is 11.7 Å². The summed E-state index contributed by atoms with van der Waals surface area (Å²) in [5.74, 6) is 0.778. The SMILES string of the molecule is CC(C)CS(=O)(=O)CCNC(C)C. The van der Waals surface area contributed by atoms with Crippen LogP contribution in [0.2, 0.25) is 0 Å². The first-order valence-electron chi connectivity index (χ1n) is 4.77. The van der Waals surface area contributed by atoms with Crippen molar-refractivity contribution in [1.29, 1.82) is 0 Å². The van der Waals surface area contributed by atoms with Crippen molar-refractivity contribution in [2.24, 2.45) is 5.92 Å². The van der Waals surface area contributed by atoms with Crippen molar-refractivity contribution in [2.45, 2.75) is 33.7 Å². The van der Waals surface area contributed by atoms with Gasteiger partial charge in [-0.2, -0.15) is 0 Å². The largest absolute Gasteiger partial charge is 0.314 e. The van der Waals surface area contributed by atoms with E-state index in [1.54, 1.807) is 0 Å². The minimum Gasteiger partial charge on any atom is -0.314 e. The van der Waals surface area contributed by atoms with Crippen molar-refractivity contribution in [3.8, 4) is 0 Å². The molecule has 4 heteroatoms. The fraction of sp³-hybridized carbons (Fsp3) is 1.00. The lowest BCUT2D eigenvalue weighted by molar-refractivity contribution is 0.568. The molecule has 0 fully saturated rings. The fourth-order valence-electron chi connectivity index (χ4n) is 1.09. The van der Waals surface area contributed by atoms with Crippen LogP contribution in [-0.2, 0) is 9.84 Å². The molecule has 0 bridgehead atoms. The van der Waals surface area contributed by atoms with E-state index in [0.717, 1.165) is 0 Å². The van der Waals surface area contributed by atoms with Gasteiger partial charge >= 0.3 is 0 Å². The molecule has 0 aliphatic heterocycles. The average molecular weight is 207 g/mol. The minimum atomic E-state index is -2.84. The second-order valence-electron chi connectivity index (χ2n) is 4.12. The number of rotatable bonds is 6. The Balaban J connectivity index is 3.77. The Labute approximate surface area is 81.8 Å². The van der Waals surface area contributed by atoms with Crippen LogP contribution in [0.1, 0.15) is 27.7 Å². The third kappa shape index (κ3) is 8.25. The van der Waals surface area contributed by atoms with Gasteiger partial charge in [0.25, 0.3) is 0 Å². The molecule has 0 radical (unpaired) electrons. The summed E-state index contributed by atoms with van der Waals surface area (Å²) in [5.41, 5.74) is 0. The van der Waals surface area contributed by atoms with Crippen molar-refractivity contribution in [2.75, 3.05) is 18.1 Å². The Kier molecular flexibility index (Phi) is 5.56. The van der Waals surface area contributed by atoms with Gasteiger partial charge < -0.3 is 5.32 Å². The maximum atomic E-state index is 11.4. The van der Waals surface area contributed by atoms with Crippen LogP contribution >= 0.6 is 0 Å². The topological polar surface area (TPSA) is 46.2 Å². The van der Waals surface area contributed by atoms with E-state index in [9.17, 15) is 8.42 Å². The number of sulfone groups is 1. The molecule has 1 N–H and O–H groups in total. The maximum absolute atomic E-state index is 11.4. The fourth-order valence-corrected chi connectivity index (χ4v) is 2.71. The van der Waals surface area contributed by atoms with Gasteiger partial charge in [0, 0.05) is 12.6 Å². The first-order chi connectivity index (χ1) is 5.83. The molecule has 0 amide bonds. The smallest absolute Gasteiger partial charge is 0.151 e. The molecule has 0 atom stereocenters. The van der Waals surface area contributed by atoms with Gasteiger partial charge in [0.05, 0.1) is 11.5 Å². The van der Waals surface area contributed by atoms with E-state index >= 15 is 0 Å². The van der Waals surface area contributed by atoms with Gasteiger partial charge in [-0.25, -0.2) is 8.42 Å². The highest BCUT2D eigenvalue weighted by molar-refractivity contribution is 7.91. The summed E-state index contributed by atoms with van der Waals surface area (Å²) in [4.78, 5) is 0. The predicted molar refractivity (Wildman–Crippen MR) is 56.6 cm³/mol. The molecule has 0 aromatic heterocycles. The highest BCUT2D eigenvalue weighted by Crippen LogP contribution is 1.99. The van der Waals surface area contributed by atoms with Gasteiger partial charge in [0.1, 0.15) is 0 Å². The Morgan fingerprint density at radius 2 is 1.69 bits per heavy atom. The Morgan fingerprint density at radius 3 is 2.08 bits per heavy atom. The van der Waals surface area contributed by atoms with Crippen molar-refractivity contribution in [3.05, 3.63) is 0 Å². The zero-order valence-corrected chi connectivity index (χ0v) is 9.82. The van der Waals surface area contributed by atoms with Crippen LogP contribution < -0.4 is 5.32 Å². The lowest BCUT2D eigenvalue weighted by atomic mass is 10.3. The number of hydrogen-bond acceptors (Lipinski definition) is 3. The molecule has 0 aliphatic rings. The van der Waals surface area contributed by atoms with Crippen LogP contribution in [0.3, 0.4) is 0 Å². The van der Waals surface area contributed by atoms with Gasteiger partial charge in [-0.15, -0.1) is 0 Å². The summed E-state index contributed by atoms with van der Waals surface area (Å²) in [6.07, 6.45) is 0. The normalized spacial score (nSPS) is 12.8. The van der Waals surface area contributed by atoms with Gasteiger partial charge in [0.15, 0.2) is 9.84 Å². The van der Waals surface area contributed by atoms with E-state index in [4.69, 9.17) is 0 Å². The molecule has 0 aromatic rings. The Bertz CT molecular complexity index is 220. The van der Waals surface area contributed by atoms with Crippen molar-refractivity contribution in [3.63, 3.8) is 0 Å². The van der Waals surface area contributed by atoms with Crippen LogP contribution in [0, 0.1) is 5.92 Å². The standard InChI is InChI=1S/C9H21NO2S/c1-8(2)7-13(11,12)6-5-10-9(3)4/h8-10H,5-7H2,1-4H3. The second kappa shape index (κ2) is 5.60. The molecule has 13 heavy (non-hydrogen) atoms. The summed E-state index contributed by atoms with van der Waals surface area (Å²) in [6.45, 7) is 8.43. The molecule has 0 saturated carbocycles. The molecule has 0 unspecified atom stereocenters. The van der Waals surface area contributed by atoms with Gasteiger partial charge in [-0.3, -0.25) is 0 Å². The summed E-state index contributed by atoms with van der Waals surface area (Å²) in [5, 5.41) is 3.10. The molecule has 80 valence electrons. The molecule has 0 aliphatic carbocycles. The number of hydrogen-bond donors (Lipinski definition) is 1. The minimum absolute atomic E-state index is 0.226. The van der Waals surface area contributed by atoms with E-state index in [0.29, 0.717) is 18.3 Å².